The van der Waals surface area contributed by atoms with Gasteiger partial charge in [-0.2, -0.15) is 0 Å². The number of amides is 1. The van der Waals surface area contributed by atoms with E-state index in [4.69, 9.17) is 0 Å². The molecular weight excluding hydrogens is 344 g/mol. The molecule has 0 N–H and O–H groups in total. The summed E-state index contributed by atoms with van der Waals surface area (Å²) in [5.74, 6) is 0.283. The Balaban J connectivity index is 1.35. The molecule has 0 radical (unpaired) electrons. The largest absolute Gasteiger partial charge is 0.339 e. The van der Waals surface area contributed by atoms with Crippen molar-refractivity contribution in [2.75, 3.05) is 33.2 Å². The number of piperazine rings is 1. The highest BCUT2D eigenvalue weighted by Crippen LogP contribution is 2.23. The van der Waals surface area contributed by atoms with Crippen molar-refractivity contribution < 1.29 is 4.79 Å². The molecule has 1 aromatic carbocycles. The van der Waals surface area contributed by atoms with Gasteiger partial charge in [-0.05, 0) is 31.5 Å². The molecule has 0 aliphatic carbocycles. The summed E-state index contributed by atoms with van der Waals surface area (Å²) in [5.41, 5.74) is 3.82. The van der Waals surface area contributed by atoms with Gasteiger partial charge in [0.25, 0.3) is 0 Å². The SMILES string of the molecule is Cc1nc(CN2CCN(C(=O)[C@@H]3Cc4ccccc4CN3C)CC2)cs1. The Hall–Kier alpha value is -1.76. The normalized spacial score (nSPS) is 21.6. The zero-order chi connectivity index (χ0) is 18.1. The summed E-state index contributed by atoms with van der Waals surface area (Å²) in [4.78, 5) is 24.3. The number of rotatable bonds is 3. The second kappa shape index (κ2) is 7.47. The van der Waals surface area contributed by atoms with Gasteiger partial charge in [0.15, 0.2) is 0 Å². The lowest BCUT2D eigenvalue weighted by Gasteiger charge is -2.40. The Bertz CT molecular complexity index is 782. The fourth-order valence-corrected chi connectivity index (χ4v) is 4.58. The Labute approximate surface area is 159 Å². The van der Waals surface area contributed by atoms with E-state index in [1.54, 1.807) is 11.3 Å². The van der Waals surface area contributed by atoms with Gasteiger partial charge >= 0.3 is 0 Å². The van der Waals surface area contributed by atoms with Crippen LogP contribution in [-0.2, 0) is 24.3 Å². The van der Waals surface area contributed by atoms with Gasteiger partial charge in [0.05, 0.1) is 16.7 Å². The molecule has 6 heteroatoms. The van der Waals surface area contributed by atoms with Crippen LogP contribution >= 0.6 is 11.3 Å². The Morgan fingerprint density at radius 2 is 1.92 bits per heavy atom. The Morgan fingerprint density at radius 3 is 2.62 bits per heavy atom. The average Bonchev–Trinajstić information content (AvgIpc) is 3.06. The van der Waals surface area contributed by atoms with Gasteiger partial charge in [0.1, 0.15) is 0 Å². The van der Waals surface area contributed by atoms with Crippen LogP contribution < -0.4 is 0 Å². The van der Waals surface area contributed by atoms with Crippen molar-refractivity contribution in [2.24, 2.45) is 0 Å². The van der Waals surface area contributed by atoms with E-state index in [1.807, 2.05) is 6.92 Å². The first kappa shape index (κ1) is 17.6. The number of thiazole rings is 1. The number of hydrogen-bond acceptors (Lipinski definition) is 5. The van der Waals surface area contributed by atoms with Crippen LogP contribution in [0.15, 0.2) is 29.6 Å². The highest BCUT2D eigenvalue weighted by atomic mass is 32.1. The predicted molar refractivity (Wildman–Crippen MR) is 104 cm³/mol. The number of carbonyl (C=O) groups is 1. The van der Waals surface area contributed by atoms with Crippen molar-refractivity contribution in [3.8, 4) is 0 Å². The van der Waals surface area contributed by atoms with Crippen molar-refractivity contribution in [3.63, 3.8) is 0 Å². The molecule has 0 saturated carbocycles. The summed E-state index contributed by atoms with van der Waals surface area (Å²) in [6, 6.07) is 8.46. The molecular formula is C20H26N4OS. The third-order valence-electron chi connectivity index (χ3n) is 5.50. The van der Waals surface area contributed by atoms with Crippen molar-refractivity contribution in [1.29, 1.82) is 0 Å². The lowest BCUT2D eigenvalue weighted by molar-refractivity contribution is -0.139. The Morgan fingerprint density at radius 1 is 1.19 bits per heavy atom. The number of aromatic nitrogens is 1. The highest BCUT2D eigenvalue weighted by molar-refractivity contribution is 7.09. The molecule has 2 aromatic rings. The average molecular weight is 371 g/mol. The summed E-state index contributed by atoms with van der Waals surface area (Å²) in [5, 5.41) is 3.26. The van der Waals surface area contributed by atoms with E-state index in [9.17, 15) is 4.79 Å². The maximum absolute atomic E-state index is 13.1. The topological polar surface area (TPSA) is 39.7 Å². The molecule has 3 heterocycles. The lowest BCUT2D eigenvalue weighted by atomic mass is 9.93. The maximum atomic E-state index is 13.1. The molecule has 5 nitrogen and oxygen atoms in total. The minimum absolute atomic E-state index is 0.0300. The van der Waals surface area contributed by atoms with Crippen molar-refractivity contribution in [3.05, 3.63) is 51.5 Å². The van der Waals surface area contributed by atoms with Gasteiger partial charge in [-0.25, -0.2) is 4.98 Å². The molecule has 0 bridgehead atoms. The first-order valence-corrected chi connectivity index (χ1v) is 10.2. The van der Waals surface area contributed by atoms with Crippen LogP contribution in [0.4, 0.5) is 0 Å². The van der Waals surface area contributed by atoms with E-state index < -0.39 is 0 Å². The van der Waals surface area contributed by atoms with Gasteiger partial charge < -0.3 is 4.90 Å². The number of likely N-dealkylation sites (N-methyl/N-ethyl adjacent to an activating group) is 1. The van der Waals surface area contributed by atoms with Gasteiger partial charge in [-0.15, -0.1) is 11.3 Å². The van der Waals surface area contributed by atoms with E-state index in [-0.39, 0.29) is 11.9 Å². The molecule has 0 unspecified atom stereocenters. The molecule has 1 fully saturated rings. The molecule has 26 heavy (non-hydrogen) atoms. The predicted octanol–water partition coefficient (Wildman–Crippen LogP) is 2.15. The third-order valence-corrected chi connectivity index (χ3v) is 6.33. The molecule has 1 atom stereocenters. The van der Waals surface area contributed by atoms with Crippen LogP contribution in [0.5, 0.6) is 0 Å². The molecule has 2 aliphatic heterocycles. The molecule has 2 aliphatic rings. The van der Waals surface area contributed by atoms with Gasteiger partial charge in [0, 0.05) is 44.6 Å². The number of benzene rings is 1. The van der Waals surface area contributed by atoms with Crippen LogP contribution in [0.1, 0.15) is 21.8 Å². The van der Waals surface area contributed by atoms with Crippen LogP contribution in [-0.4, -0.2) is 64.9 Å². The highest BCUT2D eigenvalue weighted by Gasteiger charge is 2.33. The first-order valence-electron chi connectivity index (χ1n) is 9.29. The van der Waals surface area contributed by atoms with E-state index in [0.717, 1.165) is 56.4 Å². The van der Waals surface area contributed by atoms with Crippen LogP contribution in [0.25, 0.3) is 0 Å². The van der Waals surface area contributed by atoms with E-state index in [0.29, 0.717) is 0 Å². The zero-order valence-corrected chi connectivity index (χ0v) is 16.3. The molecule has 1 aromatic heterocycles. The summed E-state index contributed by atoms with van der Waals surface area (Å²) >= 11 is 1.70. The number of hydrogen-bond donors (Lipinski definition) is 0. The number of carbonyl (C=O) groups excluding carboxylic acids is 1. The molecule has 0 spiro atoms. The summed E-state index contributed by atoms with van der Waals surface area (Å²) in [6.45, 7) is 7.27. The van der Waals surface area contributed by atoms with Crippen LogP contribution in [0.3, 0.4) is 0 Å². The number of fused-ring (bicyclic) bond motifs is 1. The van der Waals surface area contributed by atoms with E-state index >= 15 is 0 Å². The smallest absolute Gasteiger partial charge is 0.240 e. The molecule has 1 saturated heterocycles. The van der Waals surface area contributed by atoms with Crippen molar-refractivity contribution in [1.82, 2.24) is 19.7 Å². The lowest BCUT2D eigenvalue weighted by Crippen LogP contribution is -2.55. The second-order valence-electron chi connectivity index (χ2n) is 7.36. The van der Waals surface area contributed by atoms with Gasteiger partial charge in [-0.1, -0.05) is 24.3 Å². The quantitative estimate of drug-likeness (QED) is 0.830. The zero-order valence-electron chi connectivity index (χ0n) is 15.5. The van der Waals surface area contributed by atoms with Crippen molar-refractivity contribution >= 4 is 17.2 Å². The number of aryl methyl sites for hydroxylation is 1. The molecule has 1 amide bonds. The number of nitrogens with zero attached hydrogens (tertiary/aromatic N) is 4. The van der Waals surface area contributed by atoms with E-state index in [2.05, 4.69) is 56.4 Å². The Kier molecular flexibility index (Phi) is 5.07. The fraction of sp³-hybridized carbons (Fsp3) is 0.500. The third kappa shape index (κ3) is 3.68. The van der Waals surface area contributed by atoms with Gasteiger partial charge in [0.2, 0.25) is 5.91 Å². The molecule has 4 rings (SSSR count). The maximum Gasteiger partial charge on any atom is 0.240 e. The summed E-state index contributed by atoms with van der Waals surface area (Å²) in [6.07, 6.45) is 0.823. The second-order valence-corrected chi connectivity index (χ2v) is 8.43. The minimum atomic E-state index is -0.0300. The first-order chi connectivity index (χ1) is 12.6. The fourth-order valence-electron chi connectivity index (χ4n) is 3.98. The van der Waals surface area contributed by atoms with E-state index in [1.165, 1.54) is 11.1 Å². The van der Waals surface area contributed by atoms with Crippen LogP contribution in [0, 0.1) is 6.92 Å². The minimum Gasteiger partial charge on any atom is -0.339 e. The van der Waals surface area contributed by atoms with Gasteiger partial charge in [-0.3, -0.25) is 14.6 Å². The molecule has 138 valence electrons. The summed E-state index contributed by atoms with van der Waals surface area (Å²) in [7, 11) is 2.07. The standard InChI is InChI=1S/C20H26N4OS/c1-15-21-18(14-26-15)13-23-7-9-24(10-8-23)20(25)19-11-16-5-3-4-6-17(16)12-22(19)2/h3-6,14,19H,7-13H2,1-2H3/t19-/m0/s1. The van der Waals surface area contributed by atoms with Crippen molar-refractivity contribution in [2.45, 2.75) is 32.5 Å². The monoisotopic (exact) mass is 370 g/mol. The summed E-state index contributed by atoms with van der Waals surface area (Å²) < 4.78 is 0. The van der Waals surface area contributed by atoms with Crippen LogP contribution in [0.2, 0.25) is 0 Å².